The summed E-state index contributed by atoms with van der Waals surface area (Å²) < 4.78 is 0. The molecule has 1 aromatic heterocycles. The number of nitrogen functional groups attached to an aromatic ring is 1. The zero-order valence-electron chi connectivity index (χ0n) is 8.85. The monoisotopic (exact) mass is 214 g/mol. The number of nitrogens with zero attached hydrogens (tertiary/aromatic N) is 1. The smallest absolute Gasteiger partial charge is 0.130 e. The Labute approximate surface area is 94.3 Å². The van der Waals surface area contributed by atoms with Crippen LogP contribution in [0, 0.1) is 0 Å². The molecule has 2 aromatic rings. The molecule has 4 heteroatoms. The van der Waals surface area contributed by atoms with Crippen LogP contribution in [0.5, 0.6) is 0 Å². The molecule has 0 aliphatic rings. The van der Waals surface area contributed by atoms with Crippen LogP contribution in [-0.2, 0) is 6.54 Å². The minimum atomic E-state index is 0.556. The van der Waals surface area contributed by atoms with Crippen molar-refractivity contribution in [1.82, 2.24) is 4.98 Å². The lowest BCUT2D eigenvalue weighted by Gasteiger charge is -2.06. The van der Waals surface area contributed by atoms with Gasteiger partial charge in [0, 0.05) is 12.2 Å². The molecule has 0 fully saturated rings. The van der Waals surface area contributed by atoms with Crippen molar-refractivity contribution in [3.05, 3.63) is 48.2 Å². The third-order valence-corrected chi connectivity index (χ3v) is 2.25. The number of nitrogens with two attached hydrogens (primary N) is 2. The van der Waals surface area contributed by atoms with E-state index in [4.69, 9.17) is 11.5 Å². The molecule has 0 bridgehead atoms. The molecule has 0 aliphatic heterocycles. The van der Waals surface area contributed by atoms with Crippen molar-refractivity contribution in [1.29, 1.82) is 0 Å². The minimum Gasteiger partial charge on any atom is -0.397 e. The Morgan fingerprint density at radius 3 is 2.38 bits per heavy atom. The van der Waals surface area contributed by atoms with E-state index in [9.17, 15) is 0 Å². The summed E-state index contributed by atoms with van der Waals surface area (Å²) in [6.45, 7) is 0.556. The number of benzene rings is 1. The first-order chi connectivity index (χ1) is 7.78. The maximum Gasteiger partial charge on any atom is 0.130 e. The zero-order chi connectivity index (χ0) is 11.4. The van der Waals surface area contributed by atoms with E-state index in [2.05, 4.69) is 10.3 Å². The Kier molecular flexibility index (Phi) is 3.03. The first-order valence-electron chi connectivity index (χ1n) is 5.05. The van der Waals surface area contributed by atoms with Gasteiger partial charge in [0.25, 0.3) is 0 Å². The Morgan fingerprint density at radius 1 is 1.06 bits per heavy atom. The molecule has 0 unspecified atom stereocenters. The second kappa shape index (κ2) is 4.63. The molecule has 5 N–H and O–H groups in total. The fraction of sp³-hybridized carbons (Fsp3) is 0.0833. The van der Waals surface area contributed by atoms with Crippen molar-refractivity contribution in [2.45, 2.75) is 6.54 Å². The number of nitrogens with one attached hydrogen (secondary N) is 1. The van der Waals surface area contributed by atoms with E-state index in [0.717, 1.165) is 17.1 Å². The predicted molar refractivity (Wildman–Crippen MR) is 66.3 cm³/mol. The number of pyridine rings is 1. The molecule has 16 heavy (non-hydrogen) atoms. The third kappa shape index (κ3) is 2.49. The van der Waals surface area contributed by atoms with Crippen molar-refractivity contribution in [3.8, 4) is 0 Å². The van der Waals surface area contributed by atoms with E-state index >= 15 is 0 Å². The van der Waals surface area contributed by atoms with E-state index in [1.165, 1.54) is 0 Å². The molecule has 0 aliphatic carbocycles. The van der Waals surface area contributed by atoms with Crippen LogP contribution >= 0.6 is 0 Å². The van der Waals surface area contributed by atoms with Gasteiger partial charge in [0.05, 0.1) is 11.9 Å². The Morgan fingerprint density at radius 2 is 1.81 bits per heavy atom. The van der Waals surface area contributed by atoms with Crippen LogP contribution in [0.2, 0.25) is 0 Å². The summed E-state index contributed by atoms with van der Waals surface area (Å²) >= 11 is 0. The van der Waals surface area contributed by atoms with Gasteiger partial charge >= 0.3 is 0 Å². The highest BCUT2D eigenvalue weighted by atomic mass is 15.0. The van der Waals surface area contributed by atoms with Crippen molar-refractivity contribution in [2.75, 3.05) is 11.1 Å². The highest BCUT2D eigenvalue weighted by Gasteiger charge is 1.95. The van der Waals surface area contributed by atoms with E-state index in [1.54, 1.807) is 6.20 Å². The van der Waals surface area contributed by atoms with Crippen LogP contribution in [0.3, 0.4) is 0 Å². The minimum absolute atomic E-state index is 0.556. The van der Waals surface area contributed by atoms with Gasteiger partial charge in [-0.3, -0.25) is 0 Å². The predicted octanol–water partition coefficient (Wildman–Crippen LogP) is 1.87. The molecule has 0 amide bonds. The maximum absolute atomic E-state index is 5.55. The highest BCUT2D eigenvalue weighted by molar-refractivity contribution is 5.57. The summed E-state index contributed by atoms with van der Waals surface area (Å²) in [5.74, 6) is 0.773. The molecule has 0 atom stereocenters. The lowest BCUT2D eigenvalue weighted by Crippen LogP contribution is -1.97. The number of rotatable bonds is 3. The van der Waals surface area contributed by atoms with Crippen LogP contribution in [0.1, 0.15) is 5.56 Å². The topological polar surface area (TPSA) is 77.0 Å². The average Bonchev–Trinajstić information content (AvgIpc) is 2.33. The highest BCUT2D eigenvalue weighted by Crippen LogP contribution is 2.15. The molecule has 2 rings (SSSR count). The number of aromatic nitrogens is 1. The molecule has 0 saturated carbocycles. The van der Waals surface area contributed by atoms with Crippen molar-refractivity contribution >= 4 is 17.2 Å². The molecule has 0 saturated heterocycles. The fourth-order valence-electron chi connectivity index (χ4n) is 1.35. The van der Waals surface area contributed by atoms with E-state index in [1.807, 2.05) is 36.4 Å². The van der Waals surface area contributed by atoms with Gasteiger partial charge in [0.15, 0.2) is 0 Å². The van der Waals surface area contributed by atoms with E-state index in [0.29, 0.717) is 12.2 Å². The van der Waals surface area contributed by atoms with Gasteiger partial charge in [-0.2, -0.15) is 0 Å². The van der Waals surface area contributed by atoms with Crippen LogP contribution in [0.4, 0.5) is 17.2 Å². The maximum atomic E-state index is 5.55. The van der Waals surface area contributed by atoms with Gasteiger partial charge in [0.2, 0.25) is 0 Å². The quantitative estimate of drug-likeness (QED) is 0.729. The zero-order valence-corrected chi connectivity index (χ0v) is 8.85. The van der Waals surface area contributed by atoms with Crippen molar-refractivity contribution in [3.63, 3.8) is 0 Å². The summed E-state index contributed by atoms with van der Waals surface area (Å²) in [6, 6.07) is 11.6. The average molecular weight is 214 g/mol. The van der Waals surface area contributed by atoms with Crippen LogP contribution in [0.25, 0.3) is 0 Å². The SMILES string of the molecule is NCc1ccc(Nc2ccc(N)cn2)cc1. The molecular formula is C12H14N4. The Bertz CT molecular complexity index is 447. The lowest BCUT2D eigenvalue weighted by atomic mass is 10.2. The Balaban J connectivity index is 2.11. The van der Waals surface area contributed by atoms with E-state index in [-0.39, 0.29) is 0 Å². The largest absolute Gasteiger partial charge is 0.397 e. The fourth-order valence-corrected chi connectivity index (χ4v) is 1.35. The van der Waals surface area contributed by atoms with Crippen LogP contribution in [-0.4, -0.2) is 4.98 Å². The summed E-state index contributed by atoms with van der Waals surface area (Å²) in [6.07, 6.45) is 1.62. The van der Waals surface area contributed by atoms with Crippen LogP contribution < -0.4 is 16.8 Å². The normalized spacial score (nSPS) is 10.1. The van der Waals surface area contributed by atoms with E-state index < -0.39 is 0 Å². The first kappa shape index (κ1) is 10.4. The van der Waals surface area contributed by atoms with Gasteiger partial charge in [-0.15, -0.1) is 0 Å². The second-order valence-electron chi connectivity index (χ2n) is 3.50. The van der Waals surface area contributed by atoms with Gasteiger partial charge in [-0.1, -0.05) is 12.1 Å². The van der Waals surface area contributed by atoms with Gasteiger partial charge in [0.1, 0.15) is 5.82 Å². The first-order valence-corrected chi connectivity index (χ1v) is 5.05. The van der Waals surface area contributed by atoms with Crippen molar-refractivity contribution in [2.24, 2.45) is 5.73 Å². The molecule has 1 aromatic carbocycles. The van der Waals surface area contributed by atoms with Gasteiger partial charge in [-0.05, 0) is 29.8 Å². The number of anilines is 3. The molecular weight excluding hydrogens is 200 g/mol. The Hall–Kier alpha value is -2.07. The summed E-state index contributed by atoms with van der Waals surface area (Å²) in [5.41, 5.74) is 13.8. The molecule has 4 nitrogen and oxygen atoms in total. The standard InChI is InChI=1S/C12H14N4/c13-7-9-1-4-11(5-2-9)16-12-6-3-10(14)8-15-12/h1-6,8H,7,13-14H2,(H,15,16). The molecule has 0 radical (unpaired) electrons. The summed E-state index contributed by atoms with van der Waals surface area (Å²) in [5, 5.41) is 3.17. The molecule has 82 valence electrons. The molecule has 1 heterocycles. The summed E-state index contributed by atoms with van der Waals surface area (Å²) in [4.78, 5) is 4.16. The molecule has 0 spiro atoms. The number of hydrogen-bond donors (Lipinski definition) is 3. The van der Waals surface area contributed by atoms with Crippen molar-refractivity contribution < 1.29 is 0 Å². The number of hydrogen-bond acceptors (Lipinski definition) is 4. The third-order valence-electron chi connectivity index (χ3n) is 2.25. The van der Waals surface area contributed by atoms with Gasteiger partial charge < -0.3 is 16.8 Å². The van der Waals surface area contributed by atoms with Crippen LogP contribution in [0.15, 0.2) is 42.6 Å². The second-order valence-corrected chi connectivity index (χ2v) is 3.50. The summed E-state index contributed by atoms with van der Waals surface area (Å²) in [7, 11) is 0. The lowest BCUT2D eigenvalue weighted by molar-refractivity contribution is 1.07. The van der Waals surface area contributed by atoms with Gasteiger partial charge in [-0.25, -0.2) is 4.98 Å².